The molecule has 0 bridgehead atoms. The van der Waals surface area contributed by atoms with Gasteiger partial charge in [0, 0.05) is 12.1 Å². The zero-order valence-corrected chi connectivity index (χ0v) is 18.5. The van der Waals surface area contributed by atoms with Crippen LogP contribution < -0.4 is 14.3 Å². The number of carbonyl (C=O) groups excluding carboxylic acids is 2. The van der Waals surface area contributed by atoms with E-state index in [0.717, 1.165) is 15.8 Å². The maximum Gasteiger partial charge on any atom is 0.325 e. The molecule has 1 heterocycles. The van der Waals surface area contributed by atoms with Crippen LogP contribution in [0.5, 0.6) is 11.5 Å². The average Bonchev–Trinajstić information content (AvgIpc) is 3.05. The fourth-order valence-electron chi connectivity index (χ4n) is 3.06. The average molecular weight is 429 g/mol. The number of hydrogen-bond acceptors (Lipinski definition) is 6. The minimum atomic E-state index is -0.437. The number of ether oxygens (including phenoxy) is 3. The predicted molar refractivity (Wildman–Crippen MR) is 115 cm³/mol. The Labute approximate surface area is 178 Å². The highest BCUT2D eigenvalue weighted by Gasteiger charge is 2.16. The fraction of sp³-hybridized carbons (Fsp3) is 0.318. The first-order valence-electron chi connectivity index (χ1n) is 9.32. The lowest BCUT2D eigenvalue weighted by Crippen LogP contribution is -2.22. The van der Waals surface area contributed by atoms with E-state index in [1.54, 1.807) is 30.9 Å². The first kappa shape index (κ1) is 21.6. The van der Waals surface area contributed by atoms with E-state index in [-0.39, 0.29) is 18.9 Å². The van der Waals surface area contributed by atoms with Gasteiger partial charge >= 0.3 is 5.97 Å². The number of benzene rings is 2. The van der Waals surface area contributed by atoms with Crippen molar-refractivity contribution in [3.63, 3.8) is 0 Å². The molecule has 0 saturated heterocycles. The van der Waals surface area contributed by atoms with Gasteiger partial charge in [0.25, 0.3) is 5.91 Å². The fourth-order valence-corrected chi connectivity index (χ4v) is 4.12. The monoisotopic (exact) mass is 428 g/mol. The van der Waals surface area contributed by atoms with Gasteiger partial charge < -0.3 is 18.8 Å². The minimum Gasteiger partial charge on any atom is -0.493 e. The number of hydrogen-bond donors (Lipinski definition) is 0. The smallest absolute Gasteiger partial charge is 0.325 e. The summed E-state index contributed by atoms with van der Waals surface area (Å²) in [5.41, 5.74) is 3.91. The molecule has 0 aliphatic carbocycles. The van der Waals surface area contributed by atoms with Gasteiger partial charge in [-0.15, -0.1) is 0 Å². The first-order valence-corrected chi connectivity index (χ1v) is 10.1. The van der Waals surface area contributed by atoms with E-state index in [2.05, 4.69) is 4.99 Å². The topological polar surface area (TPSA) is 79.1 Å². The van der Waals surface area contributed by atoms with Crippen molar-refractivity contribution < 1.29 is 23.8 Å². The van der Waals surface area contributed by atoms with Gasteiger partial charge in [-0.05, 0) is 30.5 Å². The van der Waals surface area contributed by atoms with Gasteiger partial charge in [0.15, 0.2) is 16.3 Å². The maximum absolute atomic E-state index is 12.7. The van der Waals surface area contributed by atoms with Crippen molar-refractivity contribution in [1.82, 2.24) is 4.57 Å². The highest BCUT2D eigenvalue weighted by atomic mass is 32.1. The molecular weight excluding hydrogens is 404 g/mol. The van der Waals surface area contributed by atoms with Crippen molar-refractivity contribution in [1.29, 1.82) is 0 Å². The van der Waals surface area contributed by atoms with E-state index < -0.39 is 5.97 Å². The second kappa shape index (κ2) is 9.13. The lowest BCUT2D eigenvalue weighted by Gasteiger charge is -2.09. The number of esters is 1. The molecule has 0 atom stereocenters. The van der Waals surface area contributed by atoms with Crippen molar-refractivity contribution in [3.05, 3.63) is 51.8 Å². The third-order valence-corrected chi connectivity index (χ3v) is 5.89. The summed E-state index contributed by atoms with van der Waals surface area (Å²) in [4.78, 5) is 29.4. The summed E-state index contributed by atoms with van der Waals surface area (Å²) < 4.78 is 18.0. The number of methoxy groups -OCH3 is 3. The number of aromatic nitrogens is 1. The Hall–Kier alpha value is -3.13. The van der Waals surface area contributed by atoms with E-state index in [1.165, 1.54) is 24.0 Å². The Balaban J connectivity index is 2.07. The van der Waals surface area contributed by atoms with E-state index >= 15 is 0 Å². The number of aryl methyl sites for hydroxylation is 2. The second-order valence-corrected chi connectivity index (χ2v) is 7.83. The molecule has 0 unspecified atom stereocenters. The van der Waals surface area contributed by atoms with Crippen molar-refractivity contribution in [3.8, 4) is 11.5 Å². The number of carbonyl (C=O) groups is 2. The Morgan fingerprint density at radius 3 is 2.33 bits per heavy atom. The van der Waals surface area contributed by atoms with Gasteiger partial charge in [0.1, 0.15) is 6.54 Å². The molecule has 1 amide bonds. The summed E-state index contributed by atoms with van der Waals surface area (Å²) in [6, 6.07) is 9.48. The molecule has 7 nitrogen and oxygen atoms in total. The third kappa shape index (κ3) is 4.54. The summed E-state index contributed by atoms with van der Waals surface area (Å²) in [6.07, 6.45) is 0.181. The maximum atomic E-state index is 12.7. The molecule has 2 aromatic carbocycles. The summed E-state index contributed by atoms with van der Waals surface area (Å²) in [5, 5.41) is 0. The van der Waals surface area contributed by atoms with Crippen LogP contribution in [-0.2, 0) is 27.3 Å². The van der Waals surface area contributed by atoms with Crippen molar-refractivity contribution in [2.45, 2.75) is 26.8 Å². The second-order valence-electron chi connectivity index (χ2n) is 6.82. The van der Waals surface area contributed by atoms with E-state index in [1.807, 2.05) is 32.0 Å². The SMILES string of the molecule is COC(=O)Cn1c(=NC(=O)Cc2ccc(C)c(C)c2)sc2cc(OC)c(OC)cc21. The van der Waals surface area contributed by atoms with Crippen LogP contribution in [0, 0.1) is 13.8 Å². The van der Waals surface area contributed by atoms with Crippen molar-refractivity contribution in [2.75, 3.05) is 21.3 Å². The lowest BCUT2D eigenvalue weighted by molar-refractivity contribution is -0.141. The van der Waals surface area contributed by atoms with Gasteiger partial charge in [-0.1, -0.05) is 29.5 Å². The molecule has 1 aromatic heterocycles. The van der Waals surface area contributed by atoms with E-state index in [0.29, 0.717) is 21.8 Å². The zero-order valence-electron chi connectivity index (χ0n) is 17.6. The van der Waals surface area contributed by atoms with Crippen LogP contribution in [-0.4, -0.2) is 37.8 Å². The van der Waals surface area contributed by atoms with Gasteiger partial charge in [-0.2, -0.15) is 4.99 Å². The molecular formula is C22H24N2O5S. The molecule has 158 valence electrons. The molecule has 30 heavy (non-hydrogen) atoms. The molecule has 8 heteroatoms. The molecule has 0 radical (unpaired) electrons. The standard InChI is InChI=1S/C22H24N2O5S/c1-13-6-7-15(8-14(13)2)9-20(25)23-22-24(12-21(26)29-5)16-10-17(27-3)18(28-4)11-19(16)30-22/h6-8,10-11H,9,12H2,1-5H3. The largest absolute Gasteiger partial charge is 0.493 e. The molecule has 0 N–H and O–H groups in total. The minimum absolute atomic E-state index is 0.0677. The van der Waals surface area contributed by atoms with Gasteiger partial charge in [0.05, 0.1) is 38.0 Å². The van der Waals surface area contributed by atoms with Crippen LogP contribution in [0.1, 0.15) is 16.7 Å². The Kier molecular flexibility index (Phi) is 6.56. The summed E-state index contributed by atoms with van der Waals surface area (Å²) in [6.45, 7) is 3.97. The molecule has 0 spiro atoms. The highest BCUT2D eigenvalue weighted by Crippen LogP contribution is 2.33. The lowest BCUT2D eigenvalue weighted by atomic mass is 10.0. The van der Waals surface area contributed by atoms with Gasteiger partial charge in [-0.25, -0.2) is 0 Å². The molecule has 0 saturated carbocycles. The van der Waals surface area contributed by atoms with Crippen molar-refractivity contribution in [2.24, 2.45) is 4.99 Å². The zero-order chi connectivity index (χ0) is 21.8. The van der Waals surface area contributed by atoms with Gasteiger partial charge in [-0.3, -0.25) is 9.59 Å². The number of rotatable bonds is 6. The number of thiazole rings is 1. The van der Waals surface area contributed by atoms with Crippen LogP contribution in [0.3, 0.4) is 0 Å². The summed E-state index contributed by atoms with van der Waals surface area (Å²) >= 11 is 1.30. The number of nitrogens with zero attached hydrogens (tertiary/aromatic N) is 2. The van der Waals surface area contributed by atoms with E-state index in [4.69, 9.17) is 14.2 Å². The molecule has 3 rings (SSSR count). The van der Waals surface area contributed by atoms with Gasteiger partial charge in [0.2, 0.25) is 0 Å². The van der Waals surface area contributed by atoms with Crippen molar-refractivity contribution >= 4 is 33.4 Å². The number of amides is 1. The van der Waals surface area contributed by atoms with E-state index in [9.17, 15) is 9.59 Å². The molecule has 3 aromatic rings. The normalized spacial score (nSPS) is 11.6. The van der Waals surface area contributed by atoms with Crippen LogP contribution in [0.25, 0.3) is 10.2 Å². The Morgan fingerprint density at radius 2 is 1.70 bits per heavy atom. The quantitative estimate of drug-likeness (QED) is 0.564. The highest BCUT2D eigenvalue weighted by molar-refractivity contribution is 7.16. The molecule has 0 aliphatic rings. The first-order chi connectivity index (χ1) is 14.4. The Morgan fingerprint density at radius 1 is 1.00 bits per heavy atom. The third-order valence-electron chi connectivity index (χ3n) is 4.85. The number of fused-ring (bicyclic) bond motifs is 1. The molecule has 0 aliphatic heterocycles. The predicted octanol–water partition coefficient (Wildman–Crippen LogP) is 3.18. The Bertz CT molecular complexity index is 1180. The van der Waals surface area contributed by atoms with Crippen LogP contribution in [0.2, 0.25) is 0 Å². The summed E-state index contributed by atoms with van der Waals surface area (Å²) in [7, 11) is 4.42. The molecule has 0 fully saturated rings. The van der Waals surface area contributed by atoms with Crippen LogP contribution >= 0.6 is 11.3 Å². The van der Waals surface area contributed by atoms with Crippen LogP contribution in [0.15, 0.2) is 35.3 Å². The summed E-state index contributed by atoms with van der Waals surface area (Å²) in [5.74, 6) is 0.355. The van der Waals surface area contributed by atoms with Crippen LogP contribution in [0.4, 0.5) is 0 Å².